The normalized spacial score (nSPS) is 13.6. The fourth-order valence-electron chi connectivity index (χ4n) is 2.28. The third-order valence-electron chi connectivity index (χ3n) is 3.73. The maximum atomic E-state index is 12.1. The number of carboxylic acids is 1. The minimum absolute atomic E-state index is 0.303. The first-order valence-corrected chi connectivity index (χ1v) is 6.93. The molecular weight excluding hydrogens is 284 g/mol. The van der Waals surface area contributed by atoms with Gasteiger partial charge >= 0.3 is 5.97 Å². The Labute approximate surface area is 128 Å². The fraction of sp³-hybridized carbons (Fsp3) is 0.294. The lowest BCUT2D eigenvalue weighted by molar-refractivity contribution is -0.149. The minimum atomic E-state index is -1.65. The van der Waals surface area contributed by atoms with Crippen LogP contribution in [0.15, 0.2) is 36.4 Å². The van der Waals surface area contributed by atoms with E-state index in [1.54, 1.807) is 14.0 Å². The number of carbonyl (C=O) groups is 2. The number of hydrogen-bond donors (Lipinski definition) is 2. The Balaban J connectivity index is 2.22. The maximum absolute atomic E-state index is 12.1. The van der Waals surface area contributed by atoms with E-state index in [1.807, 2.05) is 36.4 Å². The zero-order valence-corrected chi connectivity index (χ0v) is 12.4. The van der Waals surface area contributed by atoms with E-state index < -0.39 is 24.4 Å². The van der Waals surface area contributed by atoms with Crippen LogP contribution in [-0.2, 0) is 9.59 Å². The topological polar surface area (TPSA) is 83.8 Å². The number of carboxylic acid groups (broad SMARTS) is 1. The Morgan fingerprint density at radius 3 is 2.41 bits per heavy atom. The Morgan fingerprint density at radius 1 is 1.14 bits per heavy atom. The molecule has 1 unspecified atom stereocenters. The summed E-state index contributed by atoms with van der Waals surface area (Å²) in [6, 6.07) is 11.3. The molecule has 2 aromatic carbocycles. The Bertz CT molecular complexity index is 707. The van der Waals surface area contributed by atoms with E-state index in [1.165, 1.54) is 0 Å². The zero-order valence-electron chi connectivity index (χ0n) is 12.4. The van der Waals surface area contributed by atoms with Crippen molar-refractivity contribution in [3.63, 3.8) is 0 Å². The number of hydrogen-bond acceptors (Lipinski definition) is 4. The standard InChI is InChI=1S/C17H18O5/c1-10(15(18)9-16(19)17(20)21)11-3-4-13-8-14(22-2)6-5-12(13)7-11/h3-8,10,16,19H,9H2,1-2H3,(H,20,21)/t10?,16-/m0/s1. The summed E-state index contributed by atoms with van der Waals surface area (Å²) in [5.41, 5.74) is 0.792. The van der Waals surface area contributed by atoms with Crippen LogP contribution in [0.3, 0.4) is 0 Å². The quantitative estimate of drug-likeness (QED) is 0.855. The van der Waals surface area contributed by atoms with Crippen molar-refractivity contribution in [3.05, 3.63) is 42.0 Å². The lowest BCUT2D eigenvalue weighted by Crippen LogP contribution is -2.25. The molecule has 0 bridgehead atoms. The van der Waals surface area contributed by atoms with Crippen molar-refractivity contribution in [3.8, 4) is 5.75 Å². The smallest absolute Gasteiger partial charge is 0.332 e. The molecule has 0 amide bonds. The van der Waals surface area contributed by atoms with Crippen molar-refractivity contribution >= 4 is 22.5 Å². The average molecular weight is 302 g/mol. The van der Waals surface area contributed by atoms with E-state index in [9.17, 15) is 14.7 Å². The second kappa shape index (κ2) is 6.58. The molecule has 2 aromatic rings. The van der Waals surface area contributed by atoms with Gasteiger partial charge in [-0.2, -0.15) is 0 Å². The van der Waals surface area contributed by atoms with Crippen molar-refractivity contribution in [2.45, 2.75) is 25.4 Å². The molecule has 22 heavy (non-hydrogen) atoms. The van der Waals surface area contributed by atoms with Crippen LogP contribution >= 0.6 is 0 Å². The molecular formula is C17H18O5. The molecule has 2 atom stereocenters. The van der Waals surface area contributed by atoms with Gasteiger partial charge in [0.15, 0.2) is 6.10 Å². The molecule has 116 valence electrons. The Hall–Kier alpha value is -2.40. The summed E-state index contributed by atoms with van der Waals surface area (Å²) in [5.74, 6) is -1.40. The van der Waals surface area contributed by atoms with Crippen LogP contribution in [0.2, 0.25) is 0 Å². The van der Waals surface area contributed by atoms with Gasteiger partial charge in [-0.05, 0) is 28.5 Å². The van der Waals surface area contributed by atoms with Crippen LogP contribution in [-0.4, -0.2) is 35.2 Å². The first kappa shape index (κ1) is 16.0. The first-order chi connectivity index (χ1) is 10.4. The van der Waals surface area contributed by atoms with E-state index >= 15 is 0 Å². The minimum Gasteiger partial charge on any atom is -0.497 e. The fourth-order valence-corrected chi connectivity index (χ4v) is 2.28. The number of aliphatic hydroxyl groups is 1. The van der Waals surface area contributed by atoms with E-state index in [-0.39, 0.29) is 5.78 Å². The van der Waals surface area contributed by atoms with Crippen molar-refractivity contribution in [1.82, 2.24) is 0 Å². The Kier molecular flexibility index (Phi) is 4.78. The number of carbonyl (C=O) groups excluding carboxylic acids is 1. The number of Topliss-reactive ketones (excluding diaryl/α,β-unsaturated/α-hetero) is 1. The van der Waals surface area contributed by atoms with Crippen molar-refractivity contribution < 1.29 is 24.5 Å². The van der Waals surface area contributed by atoms with E-state index in [0.29, 0.717) is 0 Å². The van der Waals surface area contributed by atoms with Crippen LogP contribution in [0.4, 0.5) is 0 Å². The number of benzene rings is 2. The van der Waals surface area contributed by atoms with Gasteiger partial charge in [0.25, 0.3) is 0 Å². The van der Waals surface area contributed by atoms with Gasteiger partial charge in [-0.3, -0.25) is 4.79 Å². The maximum Gasteiger partial charge on any atom is 0.332 e. The number of rotatable bonds is 6. The number of aliphatic carboxylic acids is 1. The van der Waals surface area contributed by atoms with Crippen molar-refractivity contribution in [1.29, 1.82) is 0 Å². The lowest BCUT2D eigenvalue weighted by Gasteiger charge is -2.13. The van der Waals surface area contributed by atoms with Gasteiger partial charge in [0.1, 0.15) is 11.5 Å². The molecule has 0 aliphatic carbocycles. The number of ketones is 1. The number of ether oxygens (including phenoxy) is 1. The molecule has 0 fully saturated rings. The van der Waals surface area contributed by atoms with Gasteiger partial charge in [-0.25, -0.2) is 4.79 Å². The van der Waals surface area contributed by atoms with Crippen LogP contribution in [0.25, 0.3) is 10.8 Å². The third-order valence-corrected chi connectivity index (χ3v) is 3.73. The predicted octanol–water partition coefficient (Wildman–Crippen LogP) is 2.36. The van der Waals surface area contributed by atoms with Gasteiger partial charge in [-0.1, -0.05) is 31.2 Å². The average Bonchev–Trinajstić information content (AvgIpc) is 2.52. The molecule has 0 saturated heterocycles. The molecule has 2 N–H and O–H groups in total. The van der Waals surface area contributed by atoms with Gasteiger partial charge in [-0.15, -0.1) is 0 Å². The number of methoxy groups -OCH3 is 1. The predicted molar refractivity (Wildman–Crippen MR) is 82.2 cm³/mol. The number of aliphatic hydroxyl groups excluding tert-OH is 1. The van der Waals surface area contributed by atoms with Crippen LogP contribution in [0.5, 0.6) is 5.75 Å². The third kappa shape index (κ3) is 3.43. The van der Waals surface area contributed by atoms with Crippen molar-refractivity contribution in [2.24, 2.45) is 0 Å². The summed E-state index contributed by atoms with van der Waals surface area (Å²) in [5, 5.41) is 19.9. The van der Waals surface area contributed by atoms with E-state index in [2.05, 4.69) is 0 Å². The molecule has 0 spiro atoms. The highest BCUT2D eigenvalue weighted by Crippen LogP contribution is 2.26. The molecule has 0 aromatic heterocycles. The highest BCUT2D eigenvalue weighted by atomic mass is 16.5. The molecule has 5 heteroatoms. The second-order valence-electron chi connectivity index (χ2n) is 5.22. The highest BCUT2D eigenvalue weighted by Gasteiger charge is 2.22. The summed E-state index contributed by atoms with van der Waals surface area (Å²) in [6.07, 6.45) is -2.04. The summed E-state index contributed by atoms with van der Waals surface area (Å²) in [7, 11) is 1.60. The summed E-state index contributed by atoms with van der Waals surface area (Å²) in [6.45, 7) is 1.71. The van der Waals surface area contributed by atoms with Gasteiger partial charge in [0.05, 0.1) is 7.11 Å². The van der Waals surface area contributed by atoms with Crippen molar-refractivity contribution in [2.75, 3.05) is 7.11 Å². The second-order valence-corrected chi connectivity index (χ2v) is 5.22. The molecule has 0 aliphatic heterocycles. The van der Waals surface area contributed by atoms with Crippen LogP contribution < -0.4 is 4.74 Å². The summed E-state index contributed by atoms with van der Waals surface area (Å²) >= 11 is 0. The number of fused-ring (bicyclic) bond motifs is 1. The lowest BCUT2D eigenvalue weighted by atomic mass is 9.92. The van der Waals surface area contributed by atoms with Gasteiger partial charge in [0, 0.05) is 12.3 Å². The molecule has 0 heterocycles. The van der Waals surface area contributed by atoms with Crippen LogP contribution in [0, 0.1) is 0 Å². The summed E-state index contributed by atoms with van der Waals surface area (Å²) < 4.78 is 5.17. The largest absolute Gasteiger partial charge is 0.497 e. The summed E-state index contributed by atoms with van der Waals surface area (Å²) in [4.78, 5) is 22.7. The van der Waals surface area contributed by atoms with Gasteiger partial charge < -0.3 is 14.9 Å². The Morgan fingerprint density at radius 2 is 1.77 bits per heavy atom. The molecule has 0 saturated carbocycles. The van der Waals surface area contributed by atoms with E-state index in [0.717, 1.165) is 22.1 Å². The highest BCUT2D eigenvalue weighted by molar-refractivity contribution is 5.91. The van der Waals surface area contributed by atoms with Crippen LogP contribution in [0.1, 0.15) is 24.8 Å². The zero-order chi connectivity index (χ0) is 16.3. The first-order valence-electron chi connectivity index (χ1n) is 6.93. The van der Waals surface area contributed by atoms with Gasteiger partial charge in [0.2, 0.25) is 0 Å². The SMILES string of the molecule is COc1ccc2cc(C(C)C(=O)C[C@H](O)C(=O)O)ccc2c1. The molecule has 2 rings (SSSR count). The molecule has 5 nitrogen and oxygen atoms in total. The van der Waals surface area contributed by atoms with E-state index in [4.69, 9.17) is 9.84 Å². The molecule has 0 aliphatic rings. The monoisotopic (exact) mass is 302 g/mol. The molecule has 0 radical (unpaired) electrons.